The maximum Gasteiger partial charge on any atom is 0.403 e. The number of aliphatic hydroxyl groups excluding tert-OH is 1. The zero-order chi connectivity index (χ0) is 15.8. The maximum atomic E-state index is 13.2. The van der Waals surface area contributed by atoms with Crippen molar-refractivity contribution in [3.05, 3.63) is 34.6 Å². The highest BCUT2D eigenvalue weighted by atomic mass is 19.4. The number of alkyl halides is 3. The molecule has 0 aliphatic heterocycles. The summed E-state index contributed by atoms with van der Waals surface area (Å²) in [5, 5.41) is 9.24. The molecule has 1 aromatic carbocycles. The molecule has 0 unspecified atom stereocenters. The first-order valence-corrected chi connectivity index (χ1v) is 5.00. The van der Waals surface area contributed by atoms with Gasteiger partial charge in [0.15, 0.2) is 23.3 Å². The molecule has 3 N–H and O–H groups in total. The summed E-state index contributed by atoms with van der Waals surface area (Å²) < 4.78 is 101. The molecule has 114 valence electrons. The van der Waals surface area contributed by atoms with Crippen molar-refractivity contribution in [2.75, 3.05) is 0 Å². The lowest BCUT2D eigenvalue weighted by atomic mass is 10.0. The maximum absolute atomic E-state index is 13.2. The van der Waals surface area contributed by atoms with E-state index in [1.54, 1.807) is 0 Å². The van der Waals surface area contributed by atoms with E-state index in [0.717, 1.165) is 0 Å². The smallest absolute Gasteiger partial charge is 0.388 e. The summed E-state index contributed by atoms with van der Waals surface area (Å²) in [5.41, 5.74) is 2.85. The van der Waals surface area contributed by atoms with Crippen LogP contribution >= 0.6 is 0 Å². The van der Waals surface area contributed by atoms with Gasteiger partial charge in [-0.2, -0.15) is 13.2 Å². The van der Waals surface area contributed by atoms with Crippen molar-refractivity contribution in [1.29, 1.82) is 0 Å². The highest BCUT2D eigenvalue weighted by Gasteiger charge is 2.40. The summed E-state index contributed by atoms with van der Waals surface area (Å²) in [7, 11) is 0. The van der Waals surface area contributed by atoms with Gasteiger partial charge in [0.1, 0.15) is 6.04 Å². The van der Waals surface area contributed by atoms with Crippen LogP contribution in [0.1, 0.15) is 18.1 Å². The first-order chi connectivity index (χ1) is 8.98. The number of benzene rings is 1. The Hall–Kier alpha value is -1.42. The molecule has 1 aromatic rings. The Balaban J connectivity index is 3.21. The van der Waals surface area contributed by atoms with Crippen LogP contribution in [-0.4, -0.2) is 17.3 Å². The van der Waals surface area contributed by atoms with Crippen molar-refractivity contribution in [3.63, 3.8) is 0 Å². The van der Waals surface area contributed by atoms with Gasteiger partial charge >= 0.3 is 6.18 Å². The molecule has 0 spiro atoms. The molecule has 0 aliphatic carbocycles. The Morgan fingerprint density at radius 3 is 1.55 bits per heavy atom. The van der Waals surface area contributed by atoms with Gasteiger partial charge in [0.2, 0.25) is 5.82 Å². The second-order valence-electron chi connectivity index (χ2n) is 3.88. The van der Waals surface area contributed by atoms with Crippen molar-refractivity contribution in [2.24, 2.45) is 5.73 Å². The largest absolute Gasteiger partial charge is 0.403 e. The molecule has 0 saturated carbocycles. The van der Waals surface area contributed by atoms with Crippen molar-refractivity contribution in [3.8, 4) is 0 Å². The lowest BCUT2D eigenvalue weighted by molar-refractivity contribution is -0.154. The average molecular weight is 309 g/mol. The predicted octanol–water partition coefficient (Wildman–Crippen LogP) is 2.70. The van der Waals surface area contributed by atoms with E-state index in [4.69, 9.17) is 0 Å². The number of rotatable bonds is 3. The van der Waals surface area contributed by atoms with E-state index in [2.05, 4.69) is 5.73 Å². The third-order valence-corrected chi connectivity index (χ3v) is 2.47. The van der Waals surface area contributed by atoms with E-state index in [-0.39, 0.29) is 0 Å². The van der Waals surface area contributed by atoms with Gasteiger partial charge in [-0.05, 0) is 0 Å². The van der Waals surface area contributed by atoms with Crippen LogP contribution in [0.25, 0.3) is 0 Å². The lowest BCUT2D eigenvalue weighted by Crippen LogP contribution is -2.38. The summed E-state index contributed by atoms with van der Waals surface area (Å²) in [6.45, 7) is 0. The molecule has 0 aliphatic rings. The standard InChI is InChI=1S/C10H7F8NO/c11-5-4(2(20)1-3(19)10(16,17)18)6(12)8(14)9(15)7(5)13/h2-3,20H,1,19H2/t2-,3+/m0/s1. The van der Waals surface area contributed by atoms with Crippen LogP contribution in [0, 0.1) is 29.1 Å². The van der Waals surface area contributed by atoms with Crippen LogP contribution in [0.5, 0.6) is 0 Å². The summed E-state index contributed by atoms with van der Waals surface area (Å²) in [5.74, 6) is -12.0. The number of halogens is 8. The second-order valence-corrected chi connectivity index (χ2v) is 3.88. The molecule has 0 saturated heterocycles. The highest BCUT2D eigenvalue weighted by molar-refractivity contribution is 5.26. The van der Waals surface area contributed by atoms with Crippen LogP contribution < -0.4 is 5.73 Å². The van der Waals surface area contributed by atoms with Crippen molar-refractivity contribution >= 4 is 0 Å². The lowest BCUT2D eigenvalue weighted by Gasteiger charge is -2.20. The minimum Gasteiger partial charge on any atom is -0.388 e. The number of nitrogens with two attached hydrogens (primary N) is 1. The summed E-state index contributed by atoms with van der Waals surface area (Å²) in [4.78, 5) is 0. The van der Waals surface area contributed by atoms with Crippen molar-refractivity contribution in [1.82, 2.24) is 0 Å². The van der Waals surface area contributed by atoms with Gasteiger partial charge in [0.05, 0.1) is 11.7 Å². The minimum absolute atomic E-state index is 1.46. The monoisotopic (exact) mass is 309 g/mol. The molecule has 0 amide bonds. The highest BCUT2D eigenvalue weighted by Crippen LogP contribution is 2.32. The molecule has 1 rings (SSSR count). The Labute approximate surface area is 106 Å². The SMILES string of the molecule is N[C@H](C[C@H](O)c1c(F)c(F)c(F)c(F)c1F)C(F)(F)F. The zero-order valence-electron chi connectivity index (χ0n) is 9.41. The molecule has 0 aromatic heterocycles. The van der Waals surface area contributed by atoms with Crippen molar-refractivity contribution in [2.45, 2.75) is 24.7 Å². The van der Waals surface area contributed by atoms with Crippen LogP contribution in [-0.2, 0) is 0 Å². The molecule has 2 nitrogen and oxygen atoms in total. The van der Waals surface area contributed by atoms with Gasteiger partial charge in [-0.1, -0.05) is 0 Å². The molecule has 0 heterocycles. The molecule has 0 radical (unpaired) electrons. The minimum atomic E-state index is -4.99. The van der Waals surface area contributed by atoms with Crippen molar-refractivity contribution < 1.29 is 40.2 Å². The molecule has 20 heavy (non-hydrogen) atoms. The van der Waals surface area contributed by atoms with E-state index < -0.39 is 59.4 Å². The summed E-state index contributed by atoms with van der Waals surface area (Å²) in [6, 6.07) is -2.69. The first kappa shape index (κ1) is 16.6. The van der Waals surface area contributed by atoms with Gasteiger partial charge in [-0.3, -0.25) is 0 Å². The fraction of sp³-hybridized carbons (Fsp3) is 0.400. The zero-order valence-corrected chi connectivity index (χ0v) is 9.41. The molecular weight excluding hydrogens is 302 g/mol. The third kappa shape index (κ3) is 3.01. The molecular formula is C10H7F8NO. The number of aliphatic hydroxyl groups is 1. The van der Waals surface area contributed by atoms with Crippen LogP contribution in [0.4, 0.5) is 35.1 Å². The van der Waals surface area contributed by atoms with Crippen LogP contribution in [0.2, 0.25) is 0 Å². The third-order valence-electron chi connectivity index (χ3n) is 2.47. The molecule has 10 heteroatoms. The fourth-order valence-corrected chi connectivity index (χ4v) is 1.41. The summed E-state index contributed by atoms with van der Waals surface area (Å²) in [6.07, 6.45) is -9.05. The van der Waals surface area contributed by atoms with Gasteiger partial charge in [-0.15, -0.1) is 0 Å². The fourth-order valence-electron chi connectivity index (χ4n) is 1.41. The van der Waals surface area contributed by atoms with Crippen LogP contribution in [0.15, 0.2) is 0 Å². The Morgan fingerprint density at radius 1 is 0.850 bits per heavy atom. The van der Waals surface area contributed by atoms with E-state index >= 15 is 0 Å². The normalized spacial score (nSPS) is 15.3. The van der Waals surface area contributed by atoms with Gasteiger partial charge in [0.25, 0.3) is 0 Å². The van der Waals surface area contributed by atoms with Crippen LogP contribution in [0.3, 0.4) is 0 Å². The number of hydrogen-bond acceptors (Lipinski definition) is 2. The average Bonchev–Trinajstić information content (AvgIpc) is 2.33. The molecule has 0 bridgehead atoms. The van der Waals surface area contributed by atoms with E-state index in [9.17, 15) is 40.2 Å². The number of hydrogen-bond donors (Lipinski definition) is 2. The van der Waals surface area contributed by atoms with E-state index in [1.165, 1.54) is 0 Å². The molecule has 0 fully saturated rings. The Bertz CT molecular complexity index is 486. The Kier molecular flexibility index (Phi) is 4.59. The second kappa shape index (κ2) is 5.52. The van der Waals surface area contributed by atoms with Gasteiger partial charge in [-0.25, -0.2) is 22.0 Å². The topological polar surface area (TPSA) is 46.2 Å². The van der Waals surface area contributed by atoms with E-state index in [1.807, 2.05) is 0 Å². The predicted molar refractivity (Wildman–Crippen MR) is 49.8 cm³/mol. The van der Waals surface area contributed by atoms with E-state index in [0.29, 0.717) is 0 Å². The van der Waals surface area contributed by atoms with Gasteiger partial charge in [0, 0.05) is 6.42 Å². The summed E-state index contributed by atoms with van der Waals surface area (Å²) >= 11 is 0. The molecule has 2 atom stereocenters. The Morgan fingerprint density at radius 2 is 1.20 bits per heavy atom. The van der Waals surface area contributed by atoms with Gasteiger partial charge < -0.3 is 10.8 Å². The first-order valence-electron chi connectivity index (χ1n) is 5.00. The quantitative estimate of drug-likeness (QED) is 0.512.